The van der Waals surface area contributed by atoms with Crippen LogP contribution < -0.4 is 0 Å². The predicted molar refractivity (Wildman–Crippen MR) is 47.5 cm³/mol. The van der Waals surface area contributed by atoms with Gasteiger partial charge >= 0.3 is 0 Å². The Hall–Kier alpha value is -1.22. The van der Waals surface area contributed by atoms with Crippen LogP contribution in [0.15, 0.2) is 24.4 Å². The van der Waals surface area contributed by atoms with Crippen molar-refractivity contribution in [1.82, 2.24) is 9.97 Å². The molecule has 0 saturated carbocycles. The zero-order valence-corrected chi connectivity index (χ0v) is 6.64. The number of thiophene rings is 1. The van der Waals surface area contributed by atoms with Gasteiger partial charge in [-0.25, -0.2) is 9.97 Å². The molecule has 11 heavy (non-hydrogen) atoms. The summed E-state index contributed by atoms with van der Waals surface area (Å²) < 4.78 is 1.11. The zero-order valence-electron chi connectivity index (χ0n) is 5.82. The molecule has 0 N–H and O–H groups in total. The fraction of sp³-hybridized carbons (Fsp3) is 0. The van der Waals surface area contributed by atoms with Gasteiger partial charge in [-0.1, -0.05) is 6.58 Å². The van der Waals surface area contributed by atoms with E-state index < -0.39 is 0 Å². The van der Waals surface area contributed by atoms with E-state index in [1.54, 1.807) is 23.7 Å². The van der Waals surface area contributed by atoms with Crippen LogP contribution in [0.4, 0.5) is 0 Å². The minimum absolute atomic E-state index is 0.921. The third-order valence-electron chi connectivity index (χ3n) is 1.46. The van der Waals surface area contributed by atoms with E-state index in [9.17, 15) is 0 Å². The molecule has 0 atom stereocenters. The van der Waals surface area contributed by atoms with Gasteiger partial charge in [0.25, 0.3) is 0 Å². The van der Waals surface area contributed by atoms with Gasteiger partial charge in [0, 0.05) is 0 Å². The van der Waals surface area contributed by atoms with Crippen LogP contribution in [0.2, 0.25) is 0 Å². The first-order valence-corrected chi connectivity index (χ1v) is 4.10. The second-order valence-electron chi connectivity index (χ2n) is 2.10. The Labute approximate surface area is 68.2 Å². The van der Waals surface area contributed by atoms with Crippen molar-refractivity contribution >= 4 is 27.6 Å². The minimum Gasteiger partial charge on any atom is -0.235 e. The molecule has 0 fully saturated rings. The van der Waals surface area contributed by atoms with Crippen molar-refractivity contribution < 1.29 is 0 Å². The Kier molecular flexibility index (Phi) is 1.43. The maximum atomic E-state index is 4.10. The van der Waals surface area contributed by atoms with Crippen LogP contribution in [-0.4, -0.2) is 9.97 Å². The maximum Gasteiger partial charge on any atom is 0.116 e. The predicted octanol–water partition coefficient (Wildman–Crippen LogP) is 2.33. The summed E-state index contributed by atoms with van der Waals surface area (Å²) in [6.07, 6.45) is 3.31. The van der Waals surface area contributed by atoms with Crippen molar-refractivity contribution in [2.24, 2.45) is 0 Å². The van der Waals surface area contributed by atoms with Gasteiger partial charge < -0.3 is 0 Å². The molecule has 0 aliphatic heterocycles. The molecule has 2 rings (SSSR count). The van der Waals surface area contributed by atoms with Gasteiger partial charge in [-0.15, -0.1) is 11.3 Å². The van der Waals surface area contributed by atoms with Crippen LogP contribution in [0.1, 0.15) is 5.69 Å². The standard InChI is InChI=1S/C8H6N2S/c1-2-6-8-7(3-4-11-8)10-5-9-6/h2-5H,1H2. The van der Waals surface area contributed by atoms with Crippen LogP contribution in [0, 0.1) is 0 Å². The monoisotopic (exact) mass is 162 g/mol. The average molecular weight is 162 g/mol. The molecular weight excluding hydrogens is 156 g/mol. The Morgan fingerprint density at radius 2 is 2.36 bits per heavy atom. The van der Waals surface area contributed by atoms with E-state index in [2.05, 4.69) is 16.5 Å². The van der Waals surface area contributed by atoms with Crippen LogP contribution >= 0.6 is 11.3 Å². The van der Waals surface area contributed by atoms with Crippen molar-refractivity contribution in [2.75, 3.05) is 0 Å². The summed E-state index contributed by atoms with van der Waals surface area (Å²) in [5.74, 6) is 0. The van der Waals surface area contributed by atoms with Gasteiger partial charge in [0.15, 0.2) is 0 Å². The summed E-state index contributed by atoms with van der Waals surface area (Å²) in [6, 6.07) is 1.98. The van der Waals surface area contributed by atoms with Gasteiger partial charge in [0.05, 0.1) is 15.9 Å². The molecule has 0 aliphatic carbocycles. The number of hydrogen-bond donors (Lipinski definition) is 0. The summed E-state index contributed by atoms with van der Waals surface area (Å²) in [7, 11) is 0. The number of nitrogens with zero attached hydrogens (tertiary/aromatic N) is 2. The second-order valence-corrected chi connectivity index (χ2v) is 3.01. The fourth-order valence-corrected chi connectivity index (χ4v) is 1.78. The molecule has 2 nitrogen and oxygen atoms in total. The Morgan fingerprint density at radius 3 is 3.18 bits per heavy atom. The number of hydrogen-bond acceptors (Lipinski definition) is 3. The van der Waals surface area contributed by atoms with Crippen LogP contribution in [-0.2, 0) is 0 Å². The topological polar surface area (TPSA) is 25.8 Å². The third kappa shape index (κ3) is 0.935. The van der Waals surface area contributed by atoms with Crippen LogP contribution in [0.3, 0.4) is 0 Å². The van der Waals surface area contributed by atoms with Gasteiger partial charge in [-0.05, 0) is 17.5 Å². The molecule has 0 radical (unpaired) electrons. The quantitative estimate of drug-likeness (QED) is 0.643. The van der Waals surface area contributed by atoms with Crippen LogP contribution in [0.25, 0.3) is 16.3 Å². The zero-order chi connectivity index (χ0) is 7.68. The van der Waals surface area contributed by atoms with Crippen molar-refractivity contribution in [1.29, 1.82) is 0 Å². The SMILES string of the molecule is C=Cc1ncnc2ccsc12. The average Bonchev–Trinajstić information content (AvgIpc) is 2.50. The molecule has 0 aliphatic rings. The first-order chi connectivity index (χ1) is 5.42. The van der Waals surface area contributed by atoms with E-state index in [4.69, 9.17) is 0 Å². The summed E-state index contributed by atoms with van der Waals surface area (Å²) in [4.78, 5) is 8.18. The van der Waals surface area contributed by atoms with Crippen molar-refractivity contribution in [2.45, 2.75) is 0 Å². The van der Waals surface area contributed by atoms with Gasteiger partial charge in [0.1, 0.15) is 6.33 Å². The highest BCUT2D eigenvalue weighted by Crippen LogP contribution is 2.21. The van der Waals surface area contributed by atoms with Crippen LogP contribution in [0.5, 0.6) is 0 Å². The molecule has 0 unspecified atom stereocenters. The number of rotatable bonds is 1. The number of fused-ring (bicyclic) bond motifs is 1. The third-order valence-corrected chi connectivity index (χ3v) is 2.39. The van der Waals surface area contributed by atoms with Gasteiger partial charge in [0.2, 0.25) is 0 Å². The Balaban J connectivity index is 2.88. The van der Waals surface area contributed by atoms with Crippen molar-refractivity contribution in [3.63, 3.8) is 0 Å². The lowest BCUT2D eigenvalue weighted by Gasteiger charge is -1.91. The molecule has 0 saturated heterocycles. The van der Waals surface area contributed by atoms with Gasteiger partial charge in [-0.2, -0.15) is 0 Å². The van der Waals surface area contributed by atoms with Gasteiger partial charge in [-0.3, -0.25) is 0 Å². The number of aromatic nitrogens is 2. The largest absolute Gasteiger partial charge is 0.235 e. The lowest BCUT2D eigenvalue weighted by molar-refractivity contribution is 1.21. The van der Waals surface area contributed by atoms with E-state index in [-0.39, 0.29) is 0 Å². The van der Waals surface area contributed by atoms with E-state index >= 15 is 0 Å². The lowest BCUT2D eigenvalue weighted by Crippen LogP contribution is -1.81. The second kappa shape index (κ2) is 2.43. The summed E-state index contributed by atoms with van der Waals surface area (Å²) in [5.41, 5.74) is 1.92. The van der Waals surface area contributed by atoms with E-state index in [0.717, 1.165) is 15.9 Å². The molecule has 3 heteroatoms. The van der Waals surface area contributed by atoms with Crippen molar-refractivity contribution in [3.8, 4) is 0 Å². The Morgan fingerprint density at radius 1 is 1.45 bits per heavy atom. The molecule has 0 amide bonds. The first-order valence-electron chi connectivity index (χ1n) is 3.22. The maximum absolute atomic E-state index is 4.10. The van der Waals surface area contributed by atoms with E-state index in [1.165, 1.54) is 0 Å². The highest BCUT2D eigenvalue weighted by Gasteiger charge is 1.99. The first kappa shape index (κ1) is 6.49. The molecular formula is C8H6N2S. The molecule has 2 heterocycles. The molecule has 0 spiro atoms. The Bertz CT molecular complexity index is 392. The normalized spacial score (nSPS) is 10.2. The van der Waals surface area contributed by atoms with E-state index in [1.807, 2.05) is 11.4 Å². The minimum atomic E-state index is 0.921. The highest BCUT2D eigenvalue weighted by atomic mass is 32.1. The highest BCUT2D eigenvalue weighted by molar-refractivity contribution is 7.17. The summed E-state index contributed by atoms with van der Waals surface area (Å²) >= 11 is 1.64. The smallest absolute Gasteiger partial charge is 0.116 e. The molecule has 0 bridgehead atoms. The van der Waals surface area contributed by atoms with E-state index in [0.29, 0.717) is 0 Å². The molecule has 2 aromatic heterocycles. The lowest BCUT2D eigenvalue weighted by atomic mass is 10.3. The molecule has 0 aromatic carbocycles. The molecule has 54 valence electrons. The fourth-order valence-electron chi connectivity index (χ4n) is 0.953. The summed E-state index contributed by atoms with van der Waals surface area (Å²) in [5, 5.41) is 2.01. The van der Waals surface area contributed by atoms with Crippen molar-refractivity contribution in [3.05, 3.63) is 30.0 Å². The molecule has 2 aromatic rings. The summed E-state index contributed by atoms with van der Waals surface area (Å²) in [6.45, 7) is 3.68.